The number of thiazole rings is 1. The van der Waals surface area contributed by atoms with Crippen molar-refractivity contribution in [2.75, 3.05) is 7.05 Å². The second kappa shape index (κ2) is 5.68. The molecule has 16 heavy (non-hydrogen) atoms. The SMILES string of the molecule is CNCc1c(Cl)cccc1Sc1nccs1. The van der Waals surface area contributed by atoms with Crippen molar-refractivity contribution in [2.45, 2.75) is 15.8 Å². The summed E-state index contributed by atoms with van der Waals surface area (Å²) in [6.07, 6.45) is 1.81. The molecule has 1 aromatic heterocycles. The lowest BCUT2D eigenvalue weighted by Gasteiger charge is -2.09. The summed E-state index contributed by atoms with van der Waals surface area (Å²) >= 11 is 9.47. The lowest BCUT2D eigenvalue weighted by Crippen LogP contribution is -2.06. The van der Waals surface area contributed by atoms with Crippen molar-refractivity contribution in [3.05, 3.63) is 40.4 Å². The lowest BCUT2D eigenvalue weighted by molar-refractivity contribution is 0.803. The fourth-order valence-corrected chi connectivity index (χ4v) is 3.38. The summed E-state index contributed by atoms with van der Waals surface area (Å²) in [5.41, 5.74) is 1.13. The Morgan fingerprint density at radius 1 is 1.50 bits per heavy atom. The van der Waals surface area contributed by atoms with Crippen molar-refractivity contribution in [2.24, 2.45) is 0 Å². The van der Waals surface area contributed by atoms with E-state index in [9.17, 15) is 0 Å². The molecule has 5 heteroatoms. The van der Waals surface area contributed by atoms with Crippen molar-refractivity contribution in [3.63, 3.8) is 0 Å². The third-order valence-electron chi connectivity index (χ3n) is 2.04. The molecule has 0 aliphatic rings. The van der Waals surface area contributed by atoms with Gasteiger partial charge in [-0.05, 0) is 24.7 Å². The Hall–Kier alpha value is -0.550. The van der Waals surface area contributed by atoms with E-state index in [1.807, 2.05) is 30.8 Å². The van der Waals surface area contributed by atoms with Gasteiger partial charge in [-0.15, -0.1) is 11.3 Å². The molecule has 84 valence electrons. The number of rotatable bonds is 4. The van der Waals surface area contributed by atoms with E-state index in [2.05, 4.69) is 16.4 Å². The first kappa shape index (κ1) is 11.9. The predicted molar refractivity (Wildman–Crippen MR) is 70.5 cm³/mol. The molecule has 0 spiro atoms. The Morgan fingerprint density at radius 3 is 3.06 bits per heavy atom. The Morgan fingerprint density at radius 2 is 2.38 bits per heavy atom. The fourth-order valence-electron chi connectivity index (χ4n) is 1.34. The molecule has 2 nitrogen and oxygen atoms in total. The van der Waals surface area contributed by atoms with Crippen LogP contribution in [0.15, 0.2) is 39.0 Å². The van der Waals surface area contributed by atoms with Gasteiger partial charge in [0.2, 0.25) is 0 Å². The third-order valence-corrected chi connectivity index (χ3v) is 4.38. The van der Waals surface area contributed by atoms with E-state index >= 15 is 0 Å². The number of hydrogen-bond acceptors (Lipinski definition) is 4. The summed E-state index contributed by atoms with van der Waals surface area (Å²) in [7, 11) is 1.92. The average Bonchev–Trinajstić information content (AvgIpc) is 2.76. The van der Waals surface area contributed by atoms with Crippen LogP contribution in [-0.2, 0) is 6.54 Å². The van der Waals surface area contributed by atoms with Crippen molar-refractivity contribution in [1.82, 2.24) is 10.3 Å². The van der Waals surface area contributed by atoms with Gasteiger partial charge in [-0.2, -0.15) is 0 Å². The highest BCUT2D eigenvalue weighted by atomic mass is 35.5. The van der Waals surface area contributed by atoms with Crippen LogP contribution in [0.1, 0.15) is 5.56 Å². The van der Waals surface area contributed by atoms with Gasteiger partial charge in [0.25, 0.3) is 0 Å². The van der Waals surface area contributed by atoms with Crippen LogP contribution in [0.4, 0.5) is 0 Å². The summed E-state index contributed by atoms with van der Waals surface area (Å²) in [4.78, 5) is 5.42. The molecular formula is C11H11ClN2S2. The smallest absolute Gasteiger partial charge is 0.154 e. The number of benzene rings is 1. The maximum atomic E-state index is 6.18. The largest absolute Gasteiger partial charge is 0.316 e. The quantitative estimate of drug-likeness (QED) is 0.918. The van der Waals surface area contributed by atoms with Gasteiger partial charge in [0, 0.05) is 28.0 Å². The monoisotopic (exact) mass is 270 g/mol. The van der Waals surface area contributed by atoms with E-state index in [1.54, 1.807) is 23.1 Å². The summed E-state index contributed by atoms with van der Waals surface area (Å²) in [6.45, 7) is 0.771. The molecule has 0 atom stereocenters. The van der Waals surface area contributed by atoms with E-state index in [1.165, 1.54) is 0 Å². The van der Waals surface area contributed by atoms with Crippen molar-refractivity contribution in [3.8, 4) is 0 Å². The first-order valence-electron chi connectivity index (χ1n) is 4.80. The normalized spacial score (nSPS) is 10.6. The Balaban J connectivity index is 2.29. The van der Waals surface area contributed by atoms with Crippen LogP contribution in [-0.4, -0.2) is 12.0 Å². The van der Waals surface area contributed by atoms with Gasteiger partial charge in [-0.3, -0.25) is 0 Å². The highest BCUT2D eigenvalue weighted by Gasteiger charge is 2.08. The van der Waals surface area contributed by atoms with Crippen LogP contribution in [0.5, 0.6) is 0 Å². The molecule has 0 radical (unpaired) electrons. The zero-order chi connectivity index (χ0) is 11.4. The molecule has 0 fully saturated rings. The van der Waals surface area contributed by atoms with Gasteiger partial charge in [-0.25, -0.2) is 4.98 Å². The standard InChI is InChI=1S/C11H11ClN2S2/c1-13-7-8-9(12)3-2-4-10(8)16-11-14-5-6-15-11/h2-6,13H,7H2,1H3. The molecule has 1 N–H and O–H groups in total. The molecule has 0 unspecified atom stereocenters. The summed E-state index contributed by atoms with van der Waals surface area (Å²) in [6, 6.07) is 5.96. The van der Waals surface area contributed by atoms with Gasteiger partial charge in [-0.1, -0.05) is 29.4 Å². The molecule has 0 aliphatic heterocycles. The van der Waals surface area contributed by atoms with Crippen LogP contribution in [0.2, 0.25) is 5.02 Å². The van der Waals surface area contributed by atoms with Crippen LogP contribution in [0, 0.1) is 0 Å². The summed E-state index contributed by atoms with van der Waals surface area (Å²) < 4.78 is 1.04. The predicted octanol–water partition coefficient (Wildman–Crippen LogP) is 3.67. The fraction of sp³-hybridized carbons (Fsp3) is 0.182. The first-order valence-corrected chi connectivity index (χ1v) is 6.88. The Labute approximate surface area is 108 Å². The molecule has 1 heterocycles. The number of aromatic nitrogens is 1. The number of halogens is 1. The molecule has 0 bridgehead atoms. The van der Waals surface area contributed by atoms with E-state index < -0.39 is 0 Å². The summed E-state index contributed by atoms with van der Waals surface area (Å²) in [5.74, 6) is 0. The topological polar surface area (TPSA) is 24.9 Å². The van der Waals surface area contributed by atoms with Crippen LogP contribution >= 0.6 is 34.7 Å². The number of nitrogens with one attached hydrogen (secondary N) is 1. The number of hydrogen-bond donors (Lipinski definition) is 1. The molecule has 0 amide bonds. The molecular weight excluding hydrogens is 260 g/mol. The maximum absolute atomic E-state index is 6.18. The van der Waals surface area contributed by atoms with Gasteiger partial charge in [0.05, 0.1) is 0 Å². The summed E-state index contributed by atoms with van der Waals surface area (Å²) in [5, 5.41) is 5.91. The van der Waals surface area contributed by atoms with Crippen LogP contribution < -0.4 is 5.32 Å². The van der Waals surface area contributed by atoms with E-state index in [-0.39, 0.29) is 0 Å². The highest BCUT2D eigenvalue weighted by molar-refractivity contribution is 8.01. The van der Waals surface area contributed by atoms with Gasteiger partial charge in [0.1, 0.15) is 0 Å². The van der Waals surface area contributed by atoms with Crippen LogP contribution in [0.25, 0.3) is 0 Å². The van der Waals surface area contributed by atoms with Crippen LogP contribution in [0.3, 0.4) is 0 Å². The number of nitrogens with zero attached hydrogens (tertiary/aromatic N) is 1. The van der Waals surface area contributed by atoms with Gasteiger partial charge >= 0.3 is 0 Å². The first-order chi connectivity index (χ1) is 7.81. The average molecular weight is 271 g/mol. The van der Waals surface area contributed by atoms with Crippen molar-refractivity contribution >= 4 is 34.7 Å². The van der Waals surface area contributed by atoms with Crippen molar-refractivity contribution < 1.29 is 0 Å². The zero-order valence-corrected chi connectivity index (χ0v) is 11.1. The second-order valence-corrected chi connectivity index (χ2v) is 5.74. The van der Waals surface area contributed by atoms with E-state index in [4.69, 9.17) is 11.6 Å². The highest BCUT2D eigenvalue weighted by Crippen LogP contribution is 2.34. The van der Waals surface area contributed by atoms with E-state index in [0.29, 0.717) is 0 Å². The minimum absolute atomic E-state index is 0.771. The maximum Gasteiger partial charge on any atom is 0.154 e. The molecule has 2 rings (SSSR count). The van der Waals surface area contributed by atoms with Gasteiger partial charge < -0.3 is 5.32 Å². The molecule has 2 aromatic rings. The Bertz CT molecular complexity index is 457. The Kier molecular flexibility index (Phi) is 4.23. The molecule has 0 saturated heterocycles. The zero-order valence-electron chi connectivity index (χ0n) is 8.74. The second-order valence-electron chi connectivity index (χ2n) is 3.15. The molecule has 1 aromatic carbocycles. The van der Waals surface area contributed by atoms with Crippen molar-refractivity contribution in [1.29, 1.82) is 0 Å². The van der Waals surface area contributed by atoms with E-state index in [0.717, 1.165) is 26.4 Å². The molecule has 0 saturated carbocycles. The minimum Gasteiger partial charge on any atom is -0.316 e. The minimum atomic E-state index is 0.771. The third kappa shape index (κ3) is 2.77. The molecule has 0 aliphatic carbocycles. The van der Waals surface area contributed by atoms with Gasteiger partial charge in [0.15, 0.2) is 4.34 Å². The lowest BCUT2D eigenvalue weighted by atomic mass is 10.2.